The molecule has 3 rings (SSSR count). The van der Waals surface area contributed by atoms with Crippen LogP contribution in [0.1, 0.15) is 15.9 Å². The molecule has 1 amide bonds. The number of hydrogen-bond donors (Lipinski definition) is 1. The lowest BCUT2D eigenvalue weighted by atomic mass is 10.0. The van der Waals surface area contributed by atoms with E-state index in [1.54, 1.807) is 4.90 Å². The van der Waals surface area contributed by atoms with E-state index in [2.05, 4.69) is 5.32 Å². The van der Waals surface area contributed by atoms with E-state index < -0.39 is 11.7 Å². The van der Waals surface area contributed by atoms with Gasteiger partial charge in [0.15, 0.2) is 0 Å². The van der Waals surface area contributed by atoms with Gasteiger partial charge in [-0.15, -0.1) is 0 Å². The molecule has 1 aromatic carbocycles. The average Bonchev–Trinajstić information content (AvgIpc) is 2.97. The Bertz CT molecular complexity index is 500. The van der Waals surface area contributed by atoms with Gasteiger partial charge in [0, 0.05) is 31.7 Å². The zero-order valence-corrected chi connectivity index (χ0v) is 10.8. The van der Waals surface area contributed by atoms with Crippen LogP contribution in [0.25, 0.3) is 0 Å². The first-order chi connectivity index (χ1) is 9.45. The number of benzene rings is 1. The Hall–Kier alpha value is -1.56. The summed E-state index contributed by atoms with van der Waals surface area (Å²) in [5.74, 6) is 0.787. The highest BCUT2D eigenvalue weighted by atomic mass is 19.4. The number of alkyl halides is 3. The van der Waals surface area contributed by atoms with Gasteiger partial charge in [0.2, 0.25) is 0 Å². The third-order valence-corrected chi connectivity index (χ3v) is 4.14. The predicted molar refractivity (Wildman–Crippen MR) is 67.2 cm³/mol. The van der Waals surface area contributed by atoms with E-state index in [4.69, 9.17) is 0 Å². The van der Waals surface area contributed by atoms with Gasteiger partial charge < -0.3 is 10.2 Å². The number of fused-ring (bicyclic) bond motifs is 1. The second-order valence-corrected chi connectivity index (χ2v) is 5.46. The molecule has 108 valence electrons. The lowest BCUT2D eigenvalue weighted by Crippen LogP contribution is -2.31. The molecule has 2 atom stereocenters. The first-order valence-corrected chi connectivity index (χ1v) is 6.62. The molecule has 2 saturated heterocycles. The van der Waals surface area contributed by atoms with Gasteiger partial charge >= 0.3 is 6.18 Å². The van der Waals surface area contributed by atoms with Crippen LogP contribution < -0.4 is 5.32 Å². The zero-order chi connectivity index (χ0) is 14.3. The molecular weight excluding hydrogens is 269 g/mol. The summed E-state index contributed by atoms with van der Waals surface area (Å²) in [5.41, 5.74) is -0.400. The fourth-order valence-electron chi connectivity index (χ4n) is 3.01. The van der Waals surface area contributed by atoms with Crippen LogP contribution in [0.4, 0.5) is 13.2 Å². The summed E-state index contributed by atoms with van der Waals surface area (Å²) < 4.78 is 37.4. The summed E-state index contributed by atoms with van der Waals surface area (Å²) in [6.45, 7) is 3.22. The number of carbonyl (C=O) groups excluding carboxylic acids is 1. The Kier molecular flexibility index (Phi) is 3.20. The molecule has 20 heavy (non-hydrogen) atoms. The number of hydrogen-bond acceptors (Lipinski definition) is 2. The molecule has 6 heteroatoms. The molecule has 2 unspecified atom stereocenters. The van der Waals surface area contributed by atoms with Gasteiger partial charge in [0.25, 0.3) is 5.91 Å². The summed E-state index contributed by atoms with van der Waals surface area (Å²) in [6.07, 6.45) is -4.36. The molecule has 0 aliphatic carbocycles. The molecule has 2 aliphatic heterocycles. The van der Waals surface area contributed by atoms with Crippen molar-refractivity contribution in [1.29, 1.82) is 0 Å². The highest BCUT2D eigenvalue weighted by Crippen LogP contribution is 2.30. The number of carbonyl (C=O) groups is 1. The van der Waals surface area contributed by atoms with Crippen LogP contribution in [-0.2, 0) is 6.18 Å². The van der Waals surface area contributed by atoms with E-state index in [0.29, 0.717) is 30.5 Å². The maximum Gasteiger partial charge on any atom is 0.416 e. The van der Waals surface area contributed by atoms with E-state index in [9.17, 15) is 18.0 Å². The maximum absolute atomic E-state index is 12.5. The van der Waals surface area contributed by atoms with Crippen LogP contribution in [0.15, 0.2) is 24.3 Å². The van der Waals surface area contributed by atoms with Crippen molar-refractivity contribution in [2.24, 2.45) is 11.8 Å². The van der Waals surface area contributed by atoms with Crippen molar-refractivity contribution < 1.29 is 18.0 Å². The van der Waals surface area contributed by atoms with Crippen molar-refractivity contribution in [2.75, 3.05) is 26.2 Å². The Balaban J connectivity index is 1.72. The predicted octanol–water partition coefficient (Wildman–Crippen LogP) is 2.00. The van der Waals surface area contributed by atoms with E-state index in [0.717, 1.165) is 25.2 Å². The van der Waals surface area contributed by atoms with Crippen molar-refractivity contribution in [3.8, 4) is 0 Å². The Morgan fingerprint density at radius 2 is 1.65 bits per heavy atom. The lowest BCUT2D eigenvalue weighted by molar-refractivity contribution is -0.137. The molecular formula is C14H15F3N2O. The summed E-state index contributed by atoms with van der Waals surface area (Å²) >= 11 is 0. The van der Waals surface area contributed by atoms with E-state index in [1.165, 1.54) is 12.1 Å². The minimum atomic E-state index is -4.36. The third kappa shape index (κ3) is 2.40. The van der Waals surface area contributed by atoms with Crippen molar-refractivity contribution in [3.05, 3.63) is 35.4 Å². The highest BCUT2D eigenvalue weighted by molar-refractivity contribution is 5.94. The number of nitrogens with zero attached hydrogens (tertiary/aromatic N) is 1. The monoisotopic (exact) mass is 284 g/mol. The van der Waals surface area contributed by atoms with Crippen LogP contribution in [0.3, 0.4) is 0 Å². The summed E-state index contributed by atoms with van der Waals surface area (Å²) in [5, 5.41) is 3.28. The zero-order valence-electron chi connectivity index (χ0n) is 10.8. The quantitative estimate of drug-likeness (QED) is 0.855. The molecule has 2 aliphatic rings. The largest absolute Gasteiger partial charge is 0.416 e. The molecule has 1 aromatic rings. The molecule has 1 N–H and O–H groups in total. The van der Waals surface area contributed by atoms with Gasteiger partial charge in [0.05, 0.1) is 5.56 Å². The average molecular weight is 284 g/mol. The van der Waals surface area contributed by atoms with E-state index >= 15 is 0 Å². The van der Waals surface area contributed by atoms with Crippen molar-refractivity contribution in [1.82, 2.24) is 10.2 Å². The number of nitrogens with one attached hydrogen (secondary N) is 1. The first kappa shape index (κ1) is 13.4. The molecule has 3 nitrogen and oxygen atoms in total. The Labute approximate surface area is 114 Å². The van der Waals surface area contributed by atoms with E-state index in [1.807, 2.05) is 0 Å². The van der Waals surface area contributed by atoms with Gasteiger partial charge in [-0.3, -0.25) is 4.79 Å². The lowest BCUT2D eigenvalue weighted by Gasteiger charge is -2.18. The molecule has 0 aromatic heterocycles. The van der Waals surface area contributed by atoms with Crippen molar-refractivity contribution in [2.45, 2.75) is 6.18 Å². The van der Waals surface area contributed by atoms with Crippen LogP contribution in [0.5, 0.6) is 0 Å². The summed E-state index contributed by atoms with van der Waals surface area (Å²) in [4.78, 5) is 14.0. The second kappa shape index (κ2) is 4.77. The fourth-order valence-corrected chi connectivity index (χ4v) is 3.01. The standard InChI is InChI=1S/C14H15F3N2O/c15-14(16,17)12-3-1-9(2-4-12)13(20)19-7-10-5-18-6-11(10)8-19/h1-4,10-11,18H,5-8H2. The molecule has 2 fully saturated rings. The van der Waals surface area contributed by atoms with Crippen LogP contribution in [0, 0.1) is 11.8 Å². The minimum Gasteiger partial charge on any atom is -0.338 e. The van der Waals surface area contributed by atoms with Crippen molar-refractivity contribution >= 4 is 5.91 Å². The van der Waals surface area contributed by atoms with Gasteiger partial charge in [-0.1, -0.05) is 0 Å². The highest BCUT2D eigenvalue weighted by Gasteiger charge is 2.38. The number of amides is 1. The van der Waals surface area contributed by atoms with Gasteiger partial charge in [-0.25, -0.2) is 0 Å². The third-order valence-electron chi connectivity index (χ3n) is 4.14. The van der Waals surface area contributed by atoms with Crippen LogP contribution >= 0.6 is 0 Å². The number of halogens is 3. The molecule has 2 heterocycles. The normalized spacial score (nSPS) is 25.9. The fraction of sp³-hybridized carbons (Fsp3) is 0.500. The van der Waals surface area contributed by atoms with Gasteiger partial charge in [-0.05, 0) is 36.1 Å². The number of likely N-dealkylation sites (tertiary alicyclic amines) is 1. The Morgan fingerprint density at radius 1 is 1.10 bits per heavy atom. The van der Waals surface area contributed by atoms with Crippen LogP contribution in [0.2, 0.25) is 0 Å². The minimum absolute atomic E-state index is 0.173. The molecule has 0 spiro atoms. The molecule has 0 saturated carbocycles. The summed E-state index contributed by atoms with van der Waals surface area (Å²) in [6, 6.07) is 4.45. The van der Waals surface area contributed by atoms with Crippen molar-refractivity contribution in [3.63, 3.8) is 0 Å². The molecule has 0 bridgehead atoms. The SMILES string of the molecule is O=C(c1ccc(C(F)(F)F)cc1)N1CC2CNCC2C1. The van der Waals surface area contributed by atoms with Crippen LogP contribution in [-0.4, -0.2) is 37.0 Å². The topological polar surface area (TPSA) is 32.3 Å². The Morgan fingerprint density at radius 3 is 2.15 bits per heavy atom. The summed E-state index contributed by atoms with van der Waals surface area (Å²) in [7, 11) is 0. The second-order valence-electron chi connectivity index (χ2n) is 5.46. The maximum atomic E-state index is 12.5. The molecule has 0 radical (unpaired) electrons. The first-order valence-electron chi connectivity index (χ1n) is 6.62. The van der Waals surface area contributed by atoms with Gasteiger partial charge in [-0.2, -0.15) is 13.2 Å². The number of rotatable bonds is 1. The van der Waals surface area contributed by atoms with E-state index in [-0.39, 0.29) is 5.91 Å². The van der Waals surface area contributed by atoms with Gasteiger partial charge in [0.1, 0.15) is 0 Å². The smallest absolute Gasteiger partial charge is 0.338 e.